The van der Waals surface area contributed by atoms with Gasteiger partial charge in [-0.1, -0.05) is 13.0 Å². The molecule has 0 saturated carbocycles. The number of piperazine rings is 1. The Morgan fingerprint density at radius 1 is 1.00 bits per heavy atom. The first-order valence-corrected chi connectivity index (χ1v) is 9.56. The number of nitrogens with zero attached hydrogens (tertiary/aromatic N) is 3. The number of piperidine rings is 1. The average molecular weight is 334 g/mol. The molecule has 0 N–H and O–H groups in total. The summed E-state index contributed by atoms with van der Waals surface area (Å²) in [5.74, 6) is 0. The third-order valence-electron chi connectivity index (χ3n) is 5.58. The summed E-state index contributed by atoms with van der Waals surface area (Å²) in [4.78, 5) is 8.90. The van der Waals surface area contributed by atoms with Gasteiger partial charge in [-0.05, 0) is 62.7 Å². The van der Waals surface area contributed by atoms with Gasteiger partial charge in [0, 0.05) is 43.7 Å². The SMILES string of the molecule is CCc1cc(S)ccc1CN1CCC(N2CCN(C)CC2)CC1. The van der Waals surface area contributed by atoms with Gasteiger partial charge in [0.05, 0.1) is 0 Å². The van der Waals surface area contributed by atoms with Gasteiger partial charge >= 0.3 is 0 Å². The van der Waals surface area contributed by atoms with Crippen molar-refractivity contribution in [2.45, 2.75) is 43.7 Å². The van der Waals surface area contributed by atoms with Gasteiger partial charge in [0.2, 0.25) is 0 Å². The number of benzene rings is 1. The Morgan fingerprint density at radius 3 is 2.35 bits per heavy atom. The maximum atomic E-state index is 4.48. The van der Waals surface area contributed by atoms with Crippen molar-refractivity contribution < 1.29 is 0 Å². The van der Waals surface area contributed by atoms with E-state index in [0.29, 0.717) is 0 Å². The second-order valence-corrected chi connectivity index (χ2v) is 7.67. The number of aryl methyl sites for hydroxylation is 1. The minimum Gasteiger partial charge on any atom is -0.304 e. The molecule has 2 saturated heterocycles. The van der Waals surface area contributed by atoms with Gasteiger partial charge in [-0.3, -0.25) is 9.80 Å². The quantitative estimate of drug-likeness (QED) is 0.850. The van der Waals surface area contributed by atoms with Crippen LogP contribution in [-0.2, 0) is 13.0 Å². The molecule has 128 valence electrons. The Bertz CT molecular complexity index is 503. The number of hydrogen-bond acceptors (Lipinski definition) is 4. The molecule has 0 bridgehead atoms. The maximum Gasteiger partial charge on any atom is 0.0236 e. The summed E-state index contributed by atoms with van der Waals surface area (Å²) in [5.41, 5.74) is 2.95. The van der Waals surface area contributed by atoms with Gasteiger partial charge in [0.25, 0.3) is 0 Å². The van der Waals surface area contributed by atoms with Gasteiger partial charge < -0.3 is 4.90 Å². The van der Waals surface area contributed by atoms with Crippen LogP contribution < -0.4 is 0 Å². The molecule has 23 heavy (non-hydrogen) atoms. The van der Waals surface area contributed by atoms with Crippen molar-refractivity contribution in [2.24, 2.45) is 0 Å². The molecule has 0 aromatic heterocycles. The minimum atomic E-state index is 0.811. The highest BCUT2D eigenvalue weighted by Gasteiger charge is 2.26. The van der Waals surface area contributed by atoms with Crippen LogP contribution in [0.4, 0.5) is 0 Å². The molecule has 0 atom stereocenters. The Morgan fingerprint density at radius 2 is 1.70 bits per heavy atom. The van der Waals surface area contributed by atoms with Crippen molar-refractivity contribution in [3.8, 4) is 0 Å². The molecule has 0 unspecified atom stereocenters. The predicted molar refractivity (Wildman–Crippen MR) is 100 cm³/mol. The number of rotatable bonds is 4. The molecule has 0 spiro atoms. The highest BCUT2D eigenvalue weighted by atomic mass is 32.1. The van der Waals surface area contributed by atoms with E-state index in [1.807, 2.05) is 0 Å². The van der Waals surface area contributed by atoms with E-state index in [-0.39, 0.29) is 0 Å². The van der Waals surface area contributed by atoms with Crippen LogP contribution in [0.3, 0.4) is 0 Å². The lowest BCUT2D eigenvalue weighted by molar-refractivity contribution is 0.0657. The zero-order valence-corrected chi connectivity index (χ0v) is 15.6. The first kappa shape index (κ1) is 17.3. The molecule has 2 aliphatic rings. The van der Waals surface area contributed by atoms with Gasteiger partial charge in [0.1, 0.15) is 0 Å². The first-order valence-electron chi connectivity index (χ1n) is 9.11. The summed E-state index contributed by atoms with van der Waals surface area (Å²) in [6.45, 7) is 10.8. The van der Waals surface area contributed by atoms with Gasteiger partial charge in [-0.25, -0.2) is 0 Å². The number of hydrogen-bond donors (Lipinski definition) is 1. The lowest BCUT2D eigenvalue weighted by Gasteiger charge is -2.42. The van der Waals surface area contributed by atoms with Crippen LogP contribution in [0, 0.1) is 0 Å². The highest BCUT2D eigenvalue weighted by molar-refractivity contribution is 7.80. The van der Waals surface area contributed by atoms with Crippen LogP contribution >= 0.6 is 12.6 Å². The zero-order chi connectivity index (χ0) is 16.2. The van der Waals surface area contributed by atoms with Gasteiger partial charge in [-0.15, -0.1) is 12.6 Å². The van der Waals surface area contributed by atoms with Crippen LogP contribution in [0.25, 0.3) is 0 Å². The standard InChI is InChI=1S/C19H31N3S/c1-3-16-14-19(23)5-4-17(16)15-21-8-6-18(7-9-21)22-12-10-20(2)11-13-22/h4-5,14,18,23H,3,6-13,15H2,1-2H3. The lowest BCUT2D eigenvalue weighted by atomic mass is 10.00. The molecule has 4 heteroatoms. The molecule has 3 rings (SSSR count). The molecular formula is C19H31N3S. The highest BCUT2D eigenvalue weighted by Crippen LogP contribution is 2.22. The van der Waals surface area contributed by atoms with E-state index in [4.69, 9.17) is 0 Å². The summed E-state index contributed by atoms with van der Waals surface area (Å²) < 4.78 is 0. The van der Waals surface area contributed by atoms with Crippen molar-refractivity contribution in [3.05, 3.63) is 29.3 Å². The average Bonchev–Trinajstić information content (AvgIpc) is 2.58. The van der Waals surface area contributed by atoms with E-state index in [1.54, 1.807) is 0 Å². The summed E-state index contributed by atoms with van der Waals surface area (Å²) in [5, 5.41) is 0. The predicted octanol–water partition coefficient (Wildman–Crippen LogP) is 2.75. The Labute approximate surface area is 147 Å². The van der Waals surface area contributed by atoms with E-state index in [1.165, 1.54) is 63.2 Å². The molecule has 0 radical (unpaired) electrons. The van der Waals surface area contributed by atoms with Crippen LogP contribution in [0.5, 0.6) is 0 Å². The Hall–Kier alpha value is -0.550. The van der Waals surface area contributed by atoms with Crippen molar-refractivity contribution in [1.29, 1.82) is 0 Å². The van der Waals surface area contributed by atoms with E-state index in [2.05, 4.69) is 59.5 Å². The van der Waals surface area contributed by atoms with Crippen LogP contribution in [0.1, 0.15) is 30.9 Å². The monoisotopic (exact) mass is 333 g/mol. The molecular weight excluding hydrogens is 302 g/mol. The van der Waals surface area contributed by atoms with Crippen molar-refractivity contribution in [1.82, 2.24) is 14.7 Å². The fourth-order valence-electron chi connectivity index (χ4n) is 3.97. The summed E-state index contributed by atoms with van der Waals surface area (Å²) in [7, 11) is 2.24. The van der Waals surface area contributed by atoms with E-state index >= 15 is 0 Å². The topological polar surface area (TPSA) is 9.72 Å². The second-order valence-electron chi connectivity index (χ2n) is 7.15. The van der Waals surface area contributed by atoms with Crippen molar-refractivity contribution in [3.63, 3.8) is 0 Å². The summed E-state index contributed by atoms with van der Waals surface area (Å²) in [6, 6.07) is 7.45. The zero-order valence-electron chi connectivity index (χ0n) is 14.7. The molecule has 0 aliphatic carbocycles. The maximum absolute atomic E-state index is 4.48. The van der Waals surface area contributed by atoms with Crippen LogP contribution in [-0.4, -0.2) is 67.1 Å². The fraction of sp³-hybridized carbons (Fsp3) is 0.684. The third-order valence-corrected chi connectivity index (χ3v) is 5.85. The number of likely N-dealkylation sites (tertiary alicyclic amines) is 1. The molecule has 3 nitrogen and oxygen atoms in total. The van der Waals surface area contributed by atoms with Crippen LogP contribution in [0.2, 0.25) is 0 Å². The minimum absolute atomic E-state index is 0.811. The molecule has 2 aliphatic heterocycles. The van der Waals surface area contributed by atoms with E-state index in [9.17, 15) is 0 Å². The molecule has 2 heterocycles. The smallest absolute Gasteiger partial charge is 0.0236 e. The number of likely N-dealkylation sites (N-methyl/N-ethyl adjacent to an activating group) is 1. The molecule has 1 aromatic rings. The Balaban J connectivity index is 1.51. The van der Waals surface area contributed by atoms with Gasteiger partial charge in [-0.2, -0.15) is 0 Å². The second kappa shape index (κ2) is 8.02. The van der Waals surface area contributed by atoms with Gasteiger partial charge in [0.15, 0.2) is 0 Å². The fourth-order valence-corrected chi connectivity index (χ4v) is 4.20. The first-order chi connectivity index (χ1) is 11.2. The summed E-state index contributed by atoms with van der Waals surface area (Å²) in [6.07, 6.45) is 3.76. The summed E-state index contributed by atoms with van der Waals surface area (Å²) >= 11 is 4.48. The van der Waals surface area contributed by atoms with Crippen molar-refractivity contribution >= 4 is 12.6 Å². The van der Waals surface area contributed by atoms with Crippen LogP contribution in [0.15, 0.2) is 23.1 Å². The largest absolute Gasteiger partial charge is 0.304 e. The lowest BCUT2D eigenvalue weighted by Crippen LogP contribution is -2.52. The number of thiol groups is 1. The molecule has 2 fully saturated rings. The molecule has 0 amide bonds. The normalized spacial score (nSPS) is 22.6. The van der Waals surface area contributed by atoms with E-state index < -0.39 is 0 Å². The van der Waals surface area contributed by atoms with Crippen molar-refractivity contribution in [2.75, 3.05) is 46.3 Å². The third kappa shape index (κ3) is 4.50. The van der Waals surface area contributed by atoms with E-state index in [0.717, 1.165) is 23.9 Å². The Kier molecular flexibility index (Phi) is 6.02. The molecule has 1 aromatic carbocycles.